The summed E-state index contributed by atoms with van der Waals surface area (Å²) in [7, 11) is 0. The predicted octanol–water partition coefficient (Wildman–Crippen LogP) is 0.794. The molecule has 0 aromatic heterocycles. The zero-order valence-electron chi connectivity index (χ0n) is 12.2. The van der Waals surface area contributed by atoms with Gasteiger partial charge in [-0.05, 0) is 6.92 Å². The van der Waals surface area contributed by atoms with Crippen LogP contribution < -0.4 is 0 Å². The van der Waals surface area contributed by atoms with Crippen molar-refractivity contribution in [1.29, 1.82) is 0 Å². The topological polar surface area (TPSA) is 88.1 Å². The van der Waals surface area contributed by atoms with Gasteiger partial charge in [-0.3, -0.25) is 14.4 Å². The molecule has 1 fully saturated rings. The van der Waals surface area contributed by atoms with Crippen LogP contribution in [0, 0.1) is 5.92 Å². The molecule has 1 aliphatic rings. The Bertz CT molecular complexity index is 392. The summed E-state index contributed by atoms with van der Waals surface area (Å²) < 4.78 is 20.9. The Balaban J connectivity index is 3.00. The maximum atomic E-state index is 11.2. The van der Waals surface area contributed by atoms with Gasteiger partial charge in [0, 0.05) is 26.7 Å². The van der Waals surface area contributed by atoms with Crippen LogP contribution in [0.3, 0.4) is 0 Å². The quantitative estimate of drug-likeness (QED) is 0.560. The molecule has 7 heteroatoms. The minimum absolute atomic E-state index is 0.213. The Kier molecular flexibility index (Phi) is 5.50. The molecule has 1 rings (SSSR count). The first-order valence-corrected chi connectivity index (χ1v) is 6.39. The van der Waals surface area contributed by atoms with Crippen molar-refractivity contribution in [3.05, 3.63) is 0 Å². The smallest absolute Gasteiger partial charge is 0.305 e. The minimum Gasteiger partial charge on any atom is -0.458 e. The molecule has 0 aliphatic carbocycles. The van der Waals surface area contributed by atoms with Gasteiger partial charge in [0.05, 0.1) is 6.10 Å². The average molecular weight is 288 g/mol. The van der Waals surface area contributed by atoms with Crippen LogP contribution in [-0.4, -0.2) is 42.5 Å². The molecule has 0 aromatic rings. The van der Waals surface area contributed by atoms with E-state index in [0.29, 0.717) is 0 Å². The van der Waals surface area contributed by atoms with Gasteiger partial charge in [0.25, 0.3) is 0 Å². The summed E-state index contributed by atoms with van der Waals surface area (Å²) >= 11 is 0. The van der Waals surface area contributed by atoms with Crippen molar-refractivity contribution in [2.24, 2.45) is 5.92 Å². The maximum absolute atomic E-state index is 11.2. The van der Waals surface area contributed by atoms with Crippen LogP contribution in [0.4, 0.5) is 0 Å². The van der Waals surface area contributed by atoms with Gasteiger partial charge in [-0.2, -0.15) is 0 Å². The van der Waals surface area contributed by atoms with Crippen LogP contribution in [-0.2, 0) is 33.3 Å². The lowest BCUT2D eigenvalue weighted by Crippen LogP contribution is -2.56. The summed E-state index contributed by atoms with van der Waals surface area (Å²) in [5, 5.41) is 0. The zero-order valence-corrected chi connectivity index (χ0v) is 12.2. The van der Waals surface area contributed by atoms with E-state index in [1.165, 1.54) is 20.8 Å². The number of rotatable bonds is 3. The first-order valence-electron chi connectivity index (χ1n) is 6.39. The average Bonchev–Trinajstić information content (AvgIpc) is 2.28. The standard InChI is InChI=1S/C13H20O7/c1-6-7(2)17-13(20-10(5)16)12(19-9(4)15)11(6)18-8(3)14/h6-7,11-13H,1-5H3/t6-,7?,11+,12?,13+/m1/s1. The molecular formula is C13H20O7. The summed E-state index contributed by atoms with van der Waals surface area (Å²) in [4.78, 5) is 33.5. The van der Waals surface area contributed by atoms with Gasteiger partial charge in [0.2, 0.25) is 12.4 Å². The maximum Gasteiger partial charge on any atom is 0.305 e. The van der Waals surface area contributed by atoms with Crippen molar-refractivity contribution in [1.82, 2.24) is 0 Å². The van der Waals surface area contributed by atoms with Crippen molar-refractivity contribution in [3.63, 3.8) is 0 Å². The third-order valence-corrected chi connectivity index (χ3v) is 3.09. The van der Waals surface area contributed by atoms with Crippen molar-refractivity contribution in [2.45, 2.75) is 59.2 Å². The summed E-state index contributed by atoms with van der Waals surface area (Å²) in [6.07, 6.45) is -3.13. The monoisotopic (exact) mass is 288 g/mol. The van der Waals surface area contributed by atoms with Gasteiger partial charge < -0.3 is 18.9 Å². The number of hydrogen-bond donors (Lipinski definition) is 0. The highest BCUT2D eigenvalue weighted by Gasteiger charge is 2.48. The molecule has 0 N–H and O–H groups in total. The number of hydrogen-bond acceptors (Lipinski definition) is 7. The molecule has 20 heavy (non-hydrogen) atoms. The summed E-state index contributed by atoms with van der Waals surface area (Å²) in [6.45, 7) is 7.27. The molecule has 5 atom stereocenters. The van der Waals surface area contributed by atoms with Crippen molar-refractivity contribution >= 4 is 17.9 Å². The molecule has 1 heterocycles. The zero-order chi connectivity index (χ0) is 15.4. The Morgan fingerprint density at radius 2 is 1.25 bits per heavy atom. The van der Waals surface area contributed by atoms with E-state index >= 15 is 0 Å². The number of ether oxygens (including phenoxy) is 4. The third kappa shape index (κ3) is 4.19. The fourth-order valence-corrected chi connectivity index (χ4v) is 2.07. The van der Waals surface area contributed by atoms with E-state index in [-0.39, 0.29) is 12.0 Å². The first kappa shape index (κ1) is 16.4. The molecule has 0 radical (unpaired) electrons. The highest BCUT2D eigenvalue weighted by Crippen LogP contribution is 2.31. The SMILES string of the molecule is CC(=O)OC1[C@H](OC(C)=O)OC(C)[C@@H](C)[C@@H]1OC(C)=O. The van der Waals surface area contributed by atoms with Crippen molar-refractivity contribution in [3.8, 4) is 0 Å². The molecule has 0 bridgehead atoms. The third-order valence-electron chi connectivity index (χ3n) is 3.09. The minimum atomic E-state index is -1.09. The van der Waals surface area contributed by atoms with Gasteiger partial charge in [-0.15, -0.1) is 0 Å². The first-order chi connectivity index (χ1) is 9.22. The van der Waals surface area contributed by atoms with Crippen LogP contribution in [0.2, 0.25) is 0 Å². The molecule has 0 saturated carbocycles. The molecule has 1 aliphatic heterocycles. The van der Waals surface area contributed by atoms with E-state index in [1.54, 1.807) is 13.8 Å². The van der Waals surface area contributed by atoms with E-state index in [9.17, 15) is 14.4 Å². The predicted molar refractivity (Wildman–Crippen MR) is 66.4 cm³/mol. The van der Waals surface area contributed by atoms with Crippen LogP contribution in [0.1, 0.15) is 34.6 Å². The van der Waals surface area contributed by atoms with Crippen LogP contribution >= 0.6 is 0 Å². The Morgan fingerprint density at radius 3 is 1.70 bits per heavy atom. The molecule has 7 nitrogen and oxygen atoms in total. The summed E-state index contributed by atoms with van der Waals surface area (Å²) in [5.74, 6) is -1.87. The van der Waals surface area contributed by atoms with Crippen molar-refractivity contribution in [2.75, 3.05) is 0 Å². The Morgan fingerprint density at radius 1 is 0.800 bits per heavy atom. The molecule has 0 aromatic carbocycles. The second-order valence-electron chi connectivity index (χ2n) is 4.83. The summed E-state index contributed by atoms with van der Waals surface area (Å²) in [5.41, 5.74) is 0. The fourth-order valence-electron chi connectivity index (χ4n) is 2.07. The van der Waals surface area contributed by atoms with Gasteiger partial charge in [-0.1, -0.05) is 6.92 Å². The second-order valence-corrected chi connectivity index (χ2v) is 4.83. The molecule has 2 unspecified atom stereocenters. The number of carbonyl (C=O) groups excluding carboxylic acids is 3. The highest BCUT2D eigenvalue weighted by atomic mass is 16.7. The highest BCUT2D eigenvalue weighted by molar-refractivity contribution is 5.68. The fraction of sp³-hybridized carbons (Fsp3) is 0.769. The van der Waals surface area contributed by atoms with E-state index in [1.807, 2.05) is 0 Å². The van der Waals surface area contributed by atoms with Gasteiger partial charge in [0.1, 0.15) is 6.10 Å². The second kappa shape index (κ2) is 6.69. The molecule has 1 saturated heterocycles. The van der Waals surface area contributed by atoms with Crippen LogP contribution in [0.15, 0.2) is 0 Å². The molecule has 0 spiro atoms. The normalized spacial score (nSPS) is 33.1. The largest absolute Gasteiger partial charge is 0.458 e. The van der Waals surface area contributed by atoms with Crippen molar-refractivity contribution < 1.29 is 33.3 Å². The van der Waals surface area contributed by atoms with E-state index in [4.69, 9.17) is 18.9 Å². The van der Waals surface area contributed by atoms with E-state index in [0.717, 1.165) is 0 Å². The lowest BCUT2D eigenvalue weighted by atomic mass is 9.91. The van der Waals surface area contributed by atoms with E-state index in [2.05, 4.69) is 0 Å². The number of esters is 3. The van der Waals surface area contributed by atoms with E-state index < -0.39 is 36.4 Å². The molecule has 0 amide bonds. The number of carbonyl (C=O) groups is 3. The van der Waals surface area contributed by atoms with Crippen LogP contribution in [0.25, 0.3) is 0 Å². The van der Waals surface area contributed by atoms with Gasteiger partial charge in [0.15, 0.2) is 0 Å². The van der Waals surface area contributed by atoms with Gasteiger partial charge in [-0.25, -0.2) is 0 Å². The summed E-state index contributed by atoms with van der Waals surface area (Å²) in [6, 6.07) is 0. The molecular weight excluding hydrogens is 268 g/mol. The lowest BCUT2D eigenvalue weighted by molar-refractivity contribution is -0.278. The Labute approximate surface area is 117 Å². The Hall–Kier alpha value is -1.63. The van der Waals surface area contributed by atoms with Gasteiger partial charge >= 0.3 is 17.9 Å². The van der Waals surface area contributed by atoms with Crippen LogP contribution in [0.5, 0.6) is 0 Å². The molecule has 114 valence electrons. The lowest BCUT2D eigenvalue weighted by Gasteiger charge is -2.42.